The number of hydrogen-bond donors (Lipinski definition) is 1. The zero-order valence-corrected chi connectivity index (χ0v) is 11.5. The first-order chi connectivity index (χ1) is 9.75. The van der Waals surface area contributed by atoms with Crippen LogP contribution in [0.1, 0.15) is 19.4 Å². The molecule has 0 aliphatic rings. The van der Waals surface area contributed by atoms with Crippen molar-refractivity contribution >= 4 is 5.97 Å². The fraction of sp³-hybridized carbons (Fsp3) is 0.188. The van der Waals surface area contributed by atoms with E-state index >= 15 is 0 Å². The van der Waals surface area contributed by atoms with Gasteiger partial charge in [0.25, 0.3) is 0 Å². The van der Waals surface area contributed by atoms with E-state index in [1.54, 1.807) is 13.8 Å². The second-order valence-corrected chi connectivity index (χ2v) is 5.23. The number of carboxylic acid groups (broad SMARTS) is 1. The molecule has 0 radical (unpaired) electrons. The summed E-state index contributed by atoms with van der Waals surface area (Å²) in [6.07, 6.45) is 0. The average Bonchev–Trinajstić information content (AvgIpc) is 2.45. The molecule has 0 aliphatic carbocycles. The first-order valence-electron chi connectivity index (χ1n) is 6.23. The Hall–Kier alpha value is -2.30. The smallest absolute Gasteiger partial charge is 0.313 e. The van der Waals surface area contributed by atoms with Crippen LogP contribution in [0, 0.1) is 17.5 Å². The third-order valence-electron chi connectivity index (χ3n) is 3.49. The first kappa shape index (κ1) is 15.1. The van der Waals surface area contributed by atoms with E-state index in [1.807, 2.05) is 0 Å². The Morgan fingerprint density at radius 1 is 0.952 bits per heavy atom. The SMILES string of the molecule is CC(C)(C(=O)O)c1ccc(-c2ccc(F)c(F)c2F)cc1. The van der Waals surface area contributed by atoms with Gasteiger partial charge >= 0.3 is 5.97 Å². The van der Waals surface area contributed by atoms with Gasteiger partial charge in [-0.2, -0.15) is 0 Å². The lowest BCUT2D eigenvalue weighted by Gasteiger charge is -2.20. The summed E-state index contributed by atoms with van der Waals surface area (Å²) in [5, 5.41) is 9.14. The van der Waals surface area contributed by atoms with E-state index < -0.39 is 28.8 Å². The Kier molecular flexibility index (Phi) is 3.77. The van der Waals surface area contributed by atoms with Crippen LogP contribution in [0.15, 0.2) is 36.4 Å². The number of rotatable bonds is 3. The van der Waals surface area contributed by atoms with E-state index in [9.17, 15) is 18.0 Å². The van der Waals surface area contributed by atoms with Gasteiger partial charge in [-0.05, 0) is 37.1 Å². The molecule has 0 heterocycles. The molecular weight excluding hydrogens is 281 g/mol. The van der Waals surface area contributed by atoms with Gasteiger partial charge in [-0.1, -0.05) is 24.3 Å². The molecule has 5 heteroatoms. The molecule has 1 N–H and O–H groups in total. The molecule has 2 aromatic carbocycles. The summed E-state index contributed by atoms with van der Waals surface area (Å²) in [5.74, 6) is -5.03. The topological polar surface area (TPSA) is 37.3 Å². The van der Waals surface area contributed by atoms with Crippen molar-refractivity contribution < 1.29 is 23.1 Å². The minimum atomic E-state index is -1.53. The Morgan fingerprint density at radius 3 is 2.05 bits per heavy atom. The van der Waals surface area contributed by atoms with E-state index in [4.69, 9.17) is 5.11 Å². The van der Waals surface area contributed by atoms with E-state index in [2.05, 4.69) is 0 Å². The quantitative estimate of drug-likeness (QED) is 0.864. The van der Waals surface area contributed by atoms with Gasteiger partial charge in [0.05, 0.1) is 5.41 Å². The monoisotopic (exact) mass is 294 g/mol. The van der Waals surface area contributed by atoms with Gasteiger partial charge < -0.3 is 5.11 Å². The Morgan fingerprint density at radius 2 is 1.52 bits per heavy atom. The third-order valence-corrected chi connectivity index (χ3v) is 3.49. The summed E-state index contributed by atoms with van der Waals surface area (Å²) in [5.41, 5.74) is -0.294. The van der Waals surface area contributed by atoms with Gasteiger partial charge in [0.15, 0.2) is 17.5 Å². The van der Waals surface area contributed by atoms with Gasteiger partial charge in [-0.25, -0.2) is 13.2 Å². The summed E-state index contributed by atoms with van der Waals surface area (Å²) in [4.78, 5) is 11.2. The van der Waals surface area contributed by atoms with Crippen molar-refractivity contribution in [2.24, 2.45) is 0 Å². The maximum atomic E-state index is 13.7. The van der Waals surface area contributed by atoms with Gasteiger partial charge in [0.1, 0.15) is 0 Å². The van der Waals surface area contributed by atoms with Crippen LogP contribution < -0.4 is 0 Å². The van der Waals surface area contributed by atoms with Crippen LogP contribution >= 0.6 is 0 Å². The second-order valence-electron chi connectivity index (χ2n) is 5.23. The fourth-order valence-electron chi connectivity index (χ4n) is 1.94. The summed E-state index contributed by atoms with van der Waals surface area (Å²) in [6, 6.07) is 8.02. The summed E-state index contributed by atoms with van der Waals surface area (Å²) in [6.45, 7) is 3.09. The summed E-state index contributed by atoms with van der Waals surface area (Å²) in [7, 11) is 0. The molecular formula is C16H13F3O2. The number of benzene rings is 2. The molecule has 0 fully saturated rings. The van der Waals surface area contributed by atoms with Crippen LogP contribution in [0.3, 0.4) is 0 Å². The van der Waals surface area contributed by atoms with Crippen LogP contribution in [0.25, 0.3) is 11.1 Å². The molecule has 0 saturated carbocycles. The molecule has 110 valence electrons. The molecule has 2 rings (SSSR count). The van der Waals surface area contributed by atoms with Gasteiger partial charge in [-0.15, -0.1) is 0 Å². The van der Waals surface area contributed by atoms with Crippen molar-refractivity contribution in [2.75, 3.05) is 0 Å². The molecule has 0 aliphatic heterocycles. The van der Waals surface area contributed by atoms with Gasteiger partial charge in [-0.3, -0.25) is 4.79 Å². The molecule has 0 saturated heterocycles. The van der Waals surface area contributed by atoms with Gasteiger partial charge in [0, 0.05) is 5.56 Å². The predicted molar refractivity (Wildman–Crippen MR) is 72.4 cm³/mol. The molecule has 2 aromatic rings. The number of halogens is 3. The Balaban J connectivity index is 2.45. The van der Waals surface area contributed by atoms with E-state index in [1.165, 1.54) is 24.3 Å². The van der Waals surface area contributed by atoms with Crippen molar-refractivity contribution in [1.82, 2.24) is 0 Å². The molecule has 2 nitrogen and oxygen atoms in total. The minimum absolute atomic E-state index is 0.0754. The molecule has 0 amide bonds. The van der Waals surface area contributed by atoms with Crippen LogP contribution in [0.4, 0.5) is 13.2 Å². The molecule has 0 atom stereocenters. The zero-order valence-electron chi connectivity index (χ0n) is 11.5. The predicted octanol–water partition coefficient (Wildman–Crippen LogP) is 4.13. The fourth-order valence-corrected chi connectivity index (χ4v) is 1.94. The second kappa shape index (κ2) is 5.24. The highest BCUT2D eigenvalue weighted by Crippen LogP contribution is 2.29. The highest BCUT2D eigenvalue weighted by atomic mass is 19.2. The van der Waals surface area contributed by atoms with Crippen molar-refractivity contribution in [3.63, 3.8) is 0 Å². The standard InChI is InChI=1S/C16H13F3O2/c1-16(2,15(20)21)10-5-3-9(4-6-10)11-7-8-12(17)14(19)13(11)18/h3-8H,1-2H3,(H,20,21). The number of carbonyl (C=O) groups is 1. The maximum Gasteiger partial charge on any atom is 0.313 e. The maximum absolute atomic E-state index is 13.7. The highest BCUT2D eigenvalue weighted by Gasteiger charge is 2.29. The molecule has 0 bridgehead atoms. The van der Waals surface area contributed by atoms with Crippen molar-refractivity contribution in [1.29, 1.82) is 0 Å². The number of aliphatic carboxylic acids is 1. The lowest BCUT2D eigenvalue weighted by molar-refractivity contribution is -0.142. The number of carboxylic acids is 1. The molecule has 0 spiro atoms. The minimum Gasteiger partial charge on any atom is -0.481 e. The van der Waals surface area contributed by atoms with E-state index in [0.29, 0.717) is 11.1 Å². The number of hydrogen-bond acceptors (Lipinski definition) is 1. The largest absolute Gasteiger partial charge is 0.481 e. The van der Waals surface area contributed by atoms with Gasteiger partial charge in [0.2, 0.25) is 0 Å². The van der Waals surface area contributed by atoms with E-state index in [-0.39, 0.29) is 5.56 Å². The zero-order chi connectivity index (χ0) is 15.8. The lowest BCUT2D eigenvalue weighted by Crippen LogP contribution is -2.28. The first-order valence-corrected chi connectivity index (χ1v) is 6.23. The third kappa shape index (κ3) is 2.63. The average molecular weight is 294 g/mol. The van der Waals surface area contributed by atoms with E-state index in [0.717, 1.165) is 12.1 Å². The molecule has 0 unspecified atom stereocenters. The van der Waals surface area contributed by atoms with Crippen molar-refractivity contribution in [2.45, 2.75) is 19.3 Å². The molecule has 0 aromatic heterocycles. The lowest BCUT2D eigenvalue weighted by atomic mass is 9.84. The highest BCUT2D eigenvalue weighted by molar-refractivity contribution is 5.80. The normalized spacial score (nSPS) is 11.5. The molecule has 21 heavy (non-hydrogen) atoms. The van der Waals surface area contributed by atoms with Crippen LogP contribution in [0.5, 0.6) is 0 Å². The van der Waals surface area contributed by atoms with Crippen LogP contribution in [-0.4, -0.2) is 11.1 Å². The Bertz CT molecular complexity index is 691. The Labute approximate surface area is 119 Å². The van der Waals surface area contributed by atoms with Crippen LogP contribution in [0.2, 0.25) is 0 Å². The summed E-state index contributed by atoms with van der Waals surface area (Å²) >= 11 is 0. The van der Waals surface area contributed by atoms with Crippen LogP contribution in [-0.2, 0) is 10.2 Å². The van der Waals surface area contributed by atoms with Crippen molar-refractivity contribution in [3.8, 4) is 11.1 Å². The van der Waals surface area contributed by atoms with Crippen molar-refractivity contribution in [3.05, 3.63) is 59.4 Å². The summed E-state index contributed by atoms with van der Waals surface area (Å²) < 4.78 is 39.8.